The second kappa shape index (κ2) is 8.18. The zero-order chi connectivity index (χ0) is 19.2. The van der Waals surface area contributed by atoms with Crippen LogP contribution in [0.25, 0.3) is 0 Å². The monoisotopic (exact) mass is 364 g/mol. The van der Waals surface area contributed by atoms with Crippen LogP contribution in [0.1, 0.15) is 10.5 Å². The Hall–Kier alpha value is -3.61. The highest BCUT2D eigenvalue weighted by Gasteiger charge is 2.16. The molecule has 0 fully saturated rings. The number of hydrogen-bond donors (Lipinski definition) is 1. The molecule has 27 heavy (non-hydrogen) atoms. The maximum atomic E-state index is 12.7. The van der Waals surface area contributed by atoms with Crippen LogP contribution in [0, 0.1) is 0 Å². The fraction of sp³-hybridized carbons (Fsp3) is 0.150. The van der Waals surface area contributed by atoms with E-state index in [0.717, 1.165) is 11.4 Å². The third kappa shape index (κ3) is 4.14. The minimum absolute atomic E-state index is 0.223. The smallest absolute Gasteiger partial charge is 0.276 e. The van der Waals surface area contributed by atoms with Gasteiger partial charge in [0.25, 0.3) is 5.91 Å². The van der Waals surface area contributed by atoms with Crippen LogP contribution in [0.3, 0.4) is 0 Å². The quantitative estimate of drug-likeness (QED) is 0.721. The van der Waals surface area contributed by atoms with Gasteiger partial charge in [-0.15, -0.1) is 0 Å². The number of benzene rings is 2. The summed E-state index contributed by atoms with van der Waals surface area (Å²) in [4.78, 5) is 22.5. The third-order valence-electron chi connectivity index (χ3n) is 3.99. The van der Waals surface area contributed by atoms with E-state index < -0.39 is 0 Å². The second-order valence-electron chi connectivity index (χ2n) is 5.68. The summed E-state index contributed by atoms with van der Waals surface area (Å²) >= 11 is 0. The standard InChI is InChI=1S/C20H20N4O3/c1-24(15-7-5-4-6-8-15)20(25)16-12-19(22-13-21-16)23-14-9-10-17(26-2)18(11-14)27-3/h4-13H,1-3H3,(H,21,22,23). The summed E-state index contributed by atoms with van der Waals surface area (Å²) in [5.74, 6) is 1.50. The molecule has 7 heteroatoms. The molecular weight excluding hydrogens is 344 g/mol. The first-order valence-electron chi connectivity index (χ1n) is 8.26. The van der Waals surface area contributed by atoms with Crippen molar-refractivity contribution in [3.8, 4) is 11.5 Å². The molecule has 0 atom stereocenters. The minimum atomic E-state index is -0.223. The van der Waals surface area contributed by atoms with Gasteiger partial charge in [0.1, 0.15) is 17.8 Å². The van der Waals surface area contributed by atoms with Gasteiger partial charge in [-0.2, -0.15) is 0 Å². The average Bonchev–Trinajstić information content (AvgIpc) is 2.73. The average molecular weight is 364 g/mol. The molecule has 0 unspecified atom stereocenters. The number of amides is 1. The van der Waals surface area contributed by atoms with Crippen molar-refractivity contribution in [3.05, 3.63) is 66.6 Å². The van der Waals surface area contributed by atoms with E-state index in [1.807, 2.05) is 36.4 Å². The molecule has 0 aliphatic heterocycles. The Bertz CT molecular complexity index is 932. The van der Waals surface area contributed by atoms with Gasteiger partial charge in [-0.1, -0.05) is 18.2 Å². The topological polar surface area (TPSA) is 76.6 Å². The van der Waals surface area contributed by atoms with Crippen LogP contribution >= 0.6 is 0 Å². The third-order valence-corrected chi connectivity index (χ3v) is 3.99. The molecule has 0 radical (unpaired) electrons. The number of rotatable bonds is 6. The minimum Gasteiger partial charge on any atom is -0.493 e. The number of anilines is 3. The fourth-order valence-corrected chi connectivity index (χ4v) is 2.55. The second-order valence-corrected chi connectivity index (χ2v) is 5.68. The Morgan fingerprint density at radius 3 is 2.41 bits per heavy atom. The van der Waals surface area contributed by atoms with Gasteiger partial charge in [-0.05, 0) is 24.3 Å². The number of ether oxygens (including phenoxy) is 2. The molecule has 7 nitrogen and oxygen atoms in total. The lowest BCUT2D eigenvalue weighted by Gasteiger charge is -2.17. The van der Waals surface area contributed by atoms with E-state index in [1.165, 1.54) is 6.33 Å². The van der Waals surface area contributed by atoms with E-state index in [2.05, 4.69) is 15.3 Å². The SMILES string of the molecule is COc1ccc(Nc2cc(C(=O)N(C)c3ccccc3)ncn2)cc1OC. The number of hydrogen-bond acceptors (Lipinski definition) is 6. The lowest BCUT2D eigenvalue weighted by molar-refractivity contribution is 0.0988. The van der Waals surface area contributed by atoms with Gasteiger partial charge in [-0.25, -0.2) is 9.97 Å². The van der Waals surface area contributed by atoms with E-state index in [-0.39, 0.29) is 5.91 Å². The van der Waals surface area contributed by atoms with E-state index in [1.54, 1.807) is 44.4 Å². The fourth-order valence-electron chi connectivity index (χ4n) is 2.55. The molecule has 0 aliphatic rings. The predicted octanol–water partition coefficient (Wildman–Crippen LogP) is 3.51. The van der Waals surface area contributed by atoms with E-state index in [4.69, 9.17) is 9.47 Å². The lowest BCUT2D eigenvalue weighted by Crippen LogP contribution is -2.27. The molecule has 2 aromatic carbocycles. The Morgan fingerprint density at radius 2 is 1.70 bits per heavy atom. The molecule has 138 valence electrons. The predicted molar refractivity (Wildman–Crippen MR) is 104 cm³/mol. The largest absolute Gasteiger partial charge is 0.493 e. The van der Waals surface area contributed by atoms with Gasteiger partial charge in [0.15, 0.2) is 11.5 Å². The van der Waals surface area contributed by atoms with Crippen molar-refractivity contribution in [1.29, 1.82) is 0 Å². The Morgan fingerprint density at radius 1 is 0.963 bits per heavy atom. The molecule has 0 saturated carbocycles. The molecule has 1 aromatic heterocycles. The van der Waals surface area contributed by atoms with E-state index in [0.29, 0.717) is 23.0 Å². The highest BCUT2D eigenvalue weighted by Crippen LogP contribution is 2.30. The maximum absolute atomic E-state index is 12.7. The van der Waals surface area contributed by atoms with Crippen LogP contribution in [-0.4, -0.2) is 37.1 Å². The number of methoxy groups -OCH3 is 2. The van der Waals surface area contributed by atoms with Crippen LogP contribution in [0.2, 0.25) is 0 Å². The molecule has 0 saturated heterocycles. The molecule has 1 N–H and O–H groups in total. The summed E-state index contributed by atoms with van der Waals surface area (Å²) < 4.78 is 10.5. The molecule has 3 rings (SSSR count). The number of aromatic nitrogens is 2. The molecule has 0 aliphatic carbocycles. The molecule has 1 heterocycles. The van der Waals surface area contributed by atoms with Crippen LogP contribution in [-0.2, 0) is 0 Å². The first-order valence-corrected chi connectivity index (χ1v) is 8.26. The number of carbonyl (C=O) groups excluding carboxylic acids is 1. The van der Waals surface area contributed by atoms with E-state index in [9.17, 15) is 4.79 Å². The molecule has 1 amide bonds. The molecular formula is C20H20N4O3. The summed E-state index contributed by atoms with van der Waals surface area (Å²) in [6.07, 6.45) is 1.36. The van der Waals surface area contributed by atoms with Crippen molar-refractivity contribution in [3.63, 3.8) is 0 Å². The van der Waals surface area contributed by atoms with Crippen LogP contribution in [0.15, 0.2) is 60.9 Å². The first-order chi connectivity index (χ1) is 13.1. The Kier molecular flexibility index (Phi) is 5.51. The zero-order valence-corrected chi connectivity index (χ0v) is 15.3. The summed E-state index contributed by atoms with van der Waals surface area (Å²) in [5, 5.41) is 3.15. The number of nitrogens with one attached hydrogen (secondary N) is 1. The van der Waals surface area contributed by atoms with Crippen LogP contribution in [0.4, 0.5) is 17.2 Å². The number of para-hydroxylation sites is 1. The van der Waals surface area contributed by atoms with Crippen molar-refractivity contribution in [1.82, 2.24) is 9.97 Å². The van der Waals surface area contributed by atoms with Crippen molar-refractivity contribution >= 4 is 23.1 Å². The highest BCUT2D eigenvalue weighted by molar-refractivity contribution is 6.04. The van der Waals surface area contributed by atoms with Crippen LogP contribution < -0.4 is 19.7 Å². The lowest BCUT2D eigenvalue weighted by atomic mass is 10.2. The summed E-state index contributed by atoms with van der Waals surface area (Å²) in [7, 11) is 4.86. The van der Waals surface area contributed by atoms with Gasteiger partial charge >= 0.3 is 0 Å². The zero-order valence-electron chi connectivity index (χ0n) is 15.3. The van der Waals surface area contributed by atoms with Crippen LogP contribution in [0.5, 0.6) is 11.5 Å². The number of carbonyl (C=O) groups is 1. The normalized spacial score (nSPS) is 10.2. The van der Waals surface area contributed by atoms with Gasteiger partial charge < -0.3 is 19.7 Å². The van der Waals surface area contributed by atoms with Crippen molar-refractivity contribution in [2.45, 2.75) is 0 Å². The molecule has 0 bridgehead atoms. The summed E-state index contributed by atoms with van der Waals surface area (Å²) in [6.45, 7) is 0. The molecule has 0 spiro atoms. The van der Waals surface area contributed by atoms with Gasteiger partial charge in [0.2, 0.25) is 0 Å². The Labute approximate surface area is 157 Å². The maximum Gasteiger partial charge on any atom is 0.276 e. The first kappa shape index (κ1) is 18.2. The van der Waals surface area contributed by atoms with Gasteiger partial charge in [-0.3, -0.25) is 4.79 Å². The Balaban J connectivity index is 1.80. The van der Waals surface area contributed by atoms with Gasteiger partial charge in [0.05, 0.1) is 14.2 Å². The van der Waals surface area contributed by atoms with Crippen molar-refractivity contribution < 1.29 is 14.3 Å². The summed E-state index contributed by atoms with van der Waals surface area (Å²) in [6, 6.07) is 16.4. The van der Waals surface area contributed by atoms with Crippen molar-refractivity contribution in [2.24, 2.45) is 0 Å². The number of nitrogens with zero attached hydrogens (tertiary/aromatic N) is 3. The summed E-state index contributed by atoms with van der Waals surface area (Å²) in [5.41, 5.74) is 1.83. The van der Waals surface area contributed by atoms with Crippen molar-refractivity contribution in [2.75, 3.05) is 31.5 Å². The van der Waals surface area contributed by atoms with E-state index >= 15 is 0 Å². The van der Waals surface area contributed by atoms with Gasteiger partial charge in [0, 0.05) is 30.6 Å². The highest BCUT2D eigenvalue weighted by atomic mass is 16.5. The molecule has 3 aromatic rings.